The number of Topliss-reactive ketones (excluding diaryl/α,β-unsaturated/α-hetero) is 1. The molecule has 1 aliphatic carbocycles. The number of nitrogens with zero attached hydrogens (tertiary/aromatic N) is 1. The first-order valence-electron chi connectivity index (χ1n) is 9.32. The molecule has 1 saturated heterocycles. The molecule has 0 amide bonds. The smallest absolute Gasteiger partial charge is 0.194 e. The minimum Gasteiger partial charge on any atom is -0.497 e. The number of ketones is 1. The summed E-state index contributed by atoms with van der Waals surface area (Å²) in [6, 6.07) is 13.5. The Balaban J connectivity index is 1.60. The Labute approximate surface area is 163 Å². The van der Waals surface area contributed by atoms with Crippen molar-refractivity contribution in [3.05, 3.63) is 59.3 Å². The van der Waals surface area contributed by atoms with Gasteiger partial charge in [0, 0.05) is 36.0 Å². The third-order valence-electron chi connectivity index (χ3n) is 5.83. The molecule has 0 bridgehead atoms. The number of hydrogen-bond acceptors (Lipinski definition) is 5. The molecule has 0 unspecified atom stereocenters. The zero-order valence-corrected chi connectivity index (χ0v) is 15.8. The third kappa shape index (κ3) is 2.27. The van der Waals surface area contributed by atoms with E-state index >= 15 is 0 Å². The minimum absolute atomic E-state index is 0.0367. The van der Waals surface area contributed by atoms with E-state index in [1.807, 2.05) is 35.2 Å². The Hall–Kier alpha value is -3.28. The van der Waals surface area contributed by atoms with Crippen LogP contribution in [0.1, 0.15) is 18.4 Å². The highest BCUT2D eigenvalue weighted by Gasteiger charge is 2.63. The largest absolute Gasteiger partial charge is 0.497 e. The van der Waals surface area contributed by atoms with Gasteiger partial charge in [0.15, 0.2) is 5.78 Å². The van der Waals surface area contributed by atoms with E-state index < -0.39 is 5.54 Å². The molecule has 3 aliphatic rings. The van der Waals surface area contributed by atoms with Crippen LogP contribution in [0.2, 0.25) is 0 Å². The third-order valence-corrected chi connectivity index (χ3v) is 5.83. The fourth-order valence-electron chi connectivity index (χ4n) is 4.26. The van der Waals surface area contributed by atoms with Gasteiger partial charge < -0.3 is 19.7 Å². The maximum atomic E-state index is 13.4. The Bertz CT molecular complexity index is 1000. The van der Waals surface area contributed by atoms with Crippen LogP contribution in [0.25, 0.3) is 0 Å². The van der Waals surface area contributed by atoms with Crippen molar-refractivity contribution in [2.75, 3.05) is 24.4 Å². The number of nitrogens with one attached hydrogen (secondary N) is 2. The van der Waals surface area contributed by atoms with Crippen LogP contribution in [0, 0.1) is 5.41 Å². The number of allylic oxidation sites excluding steroid dienone is 1. The van der Waals surface area contributed by atoms with Crippen LogP contribution in [0.15, 0.2) is 53.7 Å². The molecule has 5 rings (SSSR count). The van der Waals surface area contributed by atoms with Crippen molar-refractivity contribution in [3.63, 3.8) is 0 Å². The van der Waals surface area contributed by atoms with Crippen molar-refractivity contribution in [2.45, 2.75) is 24.8 Å². The number of para-hydroxylation sites is 1. The normalized spacial score (nSPS) is 21.7. The van der Waals surface area contributed by atoms with Crippen molar-refractivity contribution in [1.82, 2.24) is 0 Å². The second-order valence-electron chi connectivity index (χ2n) is 7.43. The summed E-state index contributed by atoms with van der Waals surface area (Å²) >= 11 is 0. The highest BCUT2D eigenvalue weighted by atomic mass is 16.5. The first-order chi connectivity index (χ1) is 13.6. The van der Waals surface area contributed by atoms with Crippen molar-refractivity contribution in [3.8, 4) is 11.5 Å². The highest BCUT2D eigenvalue weighted by molar-refractivity contribution is 6.38. The molecule has 6 heteroatoms. The summed E-state index contributed by atoms with van der Waals surface area (Å²) in [5, 5.41) is 12.2. The molecule has 2 heterocycles. The van der Waals surface area contributed by atoms with E-state index in [1.165, 1.54) is 0 Å². The first-order valence-corrected chi connectivity index (χ1v) is 9.32. The van der Waals surface area contributed by atoms with Crippen LogP contribution in [0.4, 0.5) is 11.4 Å². The minimum atomic E-state index is -0.646. The molecule has 0 atom stereocenters. The summed E-state index contributed by atoms with van der Waals surface area (Å²) in [7, 11) is 3.19. The van der Waals surface area contributed by atoms with Crippen LogP contribution in [0.3, 0.4) is 0 Å². The van der Waals surface area contributed by atoms with Gasteiger partial charge in [-0.2, -0.15) is 0 Å². The molecule has 0 aromatic heterocycles. The predicted octanol–water partition coefficient (Wildman–Crippen LogP) is 3.53. The number of carbonyl (C=O) groups is 1. The van der Waals surface area contributed by atoms with Gasteiger partial charge in [-0.25, -0.2) is 0 Å². The molecule has 1 spiro atoms. The number of rotatable bonds is 3. The Kier molecular flexibility index (Phi) is 3.53. The molecule has 2 aromatic carbocycles. The van der Waals surface area contributed by atoms with Crippen molar-refractivity contribution >= 4 is 23.0 Å². The number of ether oxygens (including phenoxy) is 2. The molecule has 0 radical (unpaired) electrons. The zero-order chi connectivity index (χ0) is 19.5. The van der Waals surface area contributed by atoms with E-state index in [0.717, 1.165) is 35.5 Å². The average molecular weight is 375 g/mol. The maximum Gasteiger partial charge on any atom is 0.194 e. The zero-order valence-electron chi connectivity index (χ0n) is 15.8. The molecular weight excluding hydrogens is 354 g/mol. The van der Waals surface area contributed by atoms with E-state index in [4.69, 9.17) is 14.9 Å². The maximum absolute atomic E-state index is 13.4. The summed E-state index contributed by atoms with van der Waals surface area (Å²) in [5.41, 5.74) is 3.58. The molecule has 28 heavy (non-hydrogen) atoms. The number of benzene rings is 2. The lowest BCUT2D eigenvalue weighted by Crippen LogP contribution is -2.37. The highest BCUT2D eigenvalue weighted by Crippen LogP contribution is 2.53. The van der Waals surface area contributed by atoms with Gasteiger partial charge in [-0.1, -0.05) is 18.2 Å². The summed E-state index contributed by atoms with van der Waals surface area (Å²) in [5.74, 6) is 1.55. The van der Waals surface area contributed by atoms with Crippen LogP contribution < -0.4 is 19.7 Å². The predicted molar refractivity (Wildman–Crippen MR) is 108 cm³/mol. The van der Waals surface area contributed by atoms with Gasteiger partial charge in [0.2, 0.25) is 0 Å². The SMILES string of the molecule is COc1cc(OC)cc(N2C(=N)C(=C3Cc4ccccc4N3)C(=O)C23CC3)c1. The quantitative estimate of drug-likeness (QED) is 0.803. The number of methoxy groups -OCH3 is 2. The van der Waals surface area contributed by atoms with E-state index in [2.05, 4.69) is 11.4 Å². The van der Waals surface area contributed by atoms with Gasteiger partial charge in [0.05, 0.1) is 25.5 Å². The van der Waals surface area contributed by atoms with Gasteiger partial charge in [0.25, 0.3) is 0 Å². The van der Waals surface area contributed by atoms with Gasteiger partial charge in [-0.3, -0.25) is 10.2 Å². The lowest BCUT2D eigenvalue weighted by atomic mass is 10.0. The summed E-state index contributed by atoms with van der Waals surface area (Å²) < 4.78 is 10.8. The van der Waals surface area contributed by atoms with Gasteiger partial charge in [-0.15, -0.1) is 0 Å². The van der Waals surface area contributed by atoms with Gasteiger partial charge >= 0.3 is 0 Å². The van der Waals surface area contributed by atoms with Crippen molar-refractivity contribution in [2.24, 2.45) is 0 Å². The van der Waals surface area contributed by atoms with Gasteiger partial charge in [-0.05, 0) is 24.5 Å². The number of hydrogen-bond donors (Lipinski definition) is 2. The number of anilines is 2. The Morgan fingerprint density at radius 1 is 1.07 bits per heavy atom. The molecular formula is C22H21N3O3. The van der Waals surface area contributed by atoms with Crippen LogP contribution in [-0.4, -0.2) is 31.4 Å². The Morgan fingerprint density at radius 3 is 2.36 bits per heavy atom. The second kappa shape index (κ2) is 5.86. The van der Waals surface area contributed by atoms with Crippen molar-refractivity contribution in [1.29, 1.82) is 5.41 Å². The van der Waals surface area contributed by atoms with E-state index in [0.29, 0.717) is 23.5 Å². The summed E-state index contributed by atoms with van der Waals surface area (Å²) in [4.78, 5) is 15.2. The van der Waals surface area contributed by atoms with Crippen molar-refractivity contribution < 1.29 is 14.3 Å². The fraction of sp³-hybridized carbons (Fsp3) is 0.273. The molecule has 2 aromatic rings. The van der Waals surface area contributed by atoms with Crippen LogP contribution >= 0.6 is 0 Å². The van der Waals surface area contributed by atoms with E-state index in [-0.39, 0.29) is 11.6 Å². The molecule has 2 N–H and O–H groups in total. The summed E-state index contributed by atoms with van der Waals surface area (Å²) in [6.07, 6.45) is 2.14. The van der Waals surface area contributed by atoms with E-state index in [9.17, 15) is 4.79 Å². The lowest BCUT2D eigenvalue weighted by molar-refractivity contribution is -0.116. The standard InChI is InChI=1S/C22H21N3O3/c1-27-15-10-14(11-16(12-15)28-2)25-21(23)19(20(26)22(25)7-8-22)18-9-13-5-3-4-6-17(13)24-18/h3-6,10-12,23-24H,7-9H2,1-2H3. The monoisotopic (exact) mass is 375 g/mol. The molecule has 142 valence electrons. The number of carbonyl (C=O) groups excluding carboxylic acids is 1. The second-order valence-corrected chi connectivity index (χ2v) is 7.43. The van der Waals surface area contributed by atoms with Crippen LogP contribution in [-0.2, 0) is 11.2 Å². The van der Waals surface area contributed by atoms with Crippen LogP contribution in [0.5, 0.6) is 11.5 Å². The average Bonchev–Trinajstić information content (AvgIpc) is 3.33. The number of amidine groups is 1. The number of fused-ring (bicyclic) bond motifs is 1. The van der Waals surface area contributed by atoms with Gasteiger partial charge in [0.1, 0.15) is 22.9 Å². The first kappa shape index (κ1) is 16.9. The topological polar surface area (TPSA) is 74.7 Å². The molecule has 2 fully saturated rings. The van der Waals surface area contributed by atoms with E-state index in [1.54, 1.807) is 20.3 Å². The molecule has 6 nitrogen and oxygen atoms in total. The lowest BCUT2D eigenvalue weighted by Gasteiger charge is -2.25. The molecule has 2 aliphatic heterocycles. The summed E-state index contributed by atoms with van der Waals surface area (Å²) in [6.45, 7) is 0. The fourth-order valence-corrected chi connectivity index (χ4v) is 4.26. The molecule has 1 saturated carbocycles. The Morgan fingerprint density at radius 2 is 1.75 bits per heavy atom.